The van der Waals surface area contributed by atoms with E-state index in [2.05, 4.69) is 11.2 Å². The Balaban J connectivity index is 2.60. The maximum absolute atomic E-state index is 10.7. The summed E-state index contributed by atoms with van der Waals surface area (Å²) in [6.07, 6.45) is 5.14. The second kappa shape index (κ2) is 5.36. The van der Waals surface area contributed by atoms with Crippen molar-refractivity contribution in [1.29, 1.82) is 0 Å². The van der Waals surface area contributed by atoms with Crippen molar-refractivity contribution in [1.82, 2.24) is 0 Å². The van der Waals surface area contributed by atoms with Gasteiger partial charge in [-0.1, -0.05) is 5.92 Å². The van der Waals surface area contributed by atoms with E-state index in [1.165, 1.54) is 6.92 Å². The molecule has 0 spiro atoms. The van der Waals surface area contributed by atoms with Gasteiger partial charge in [0.25, 0.3) is 0 Å². The number of rotatable bonds is 3. The summed E-state index contributed by atoms with van der Waals surface area (Å²) in [7, 11) is 0. The van der Waals surface area contributed by atoms with Crippen LogP contribution in [-0.2, 0) is 4.79 Å². The van der Waals surface area contributed by atoms with Gasteiger partial charge in [-0.2, -0.15) is 0 Å². The van der Waals surface area contributed by atoms with Crippen molar-refractivity contribution in [3.8, 4) is 12.3 Å². The maximum Gasteiger partial charge on any atom is 0.221 e. The van der Waals surface area contributed by atoms with Gasteiger partial charge in [0, 0.05) is 17.5 Å². The van der Waals surface area contributed by atoms with E-state index in [0.717, 1.165) is 10.6 Å². The minimum absolute atomic E-state index is 0.0611. The SMILES string of the molecule is C#CCSc1ccc(NC(C)=O)cc1. The van der Waals surface area contributed by atoms with Gasteiger partial charge in [0.15, 0.2) is 0 Å². The number of carbonyl (C=O) groups is 1. The number of anilines is 1. The smallest absolute Gasteiger partial charge is 0.221 e. The molecule has 0 aliphatic heterocycles. The van der Waals surface area contributed by atoms with E-state index in [9.17, 15) is 4.79 Å². The summed E-state index contributed by atoms with van der Waals surface area (Å²) in [5.41, 5.74) is 0.808. The van der Waals surface area contributed by atoms with Crippen LogP contribution in [0.1, 0.15) is 6.92 Å². The number of benzene rings is 1. The van der Waals surface area contributed by atoms with Gasteiger partial charge in [0.1, 0.15) is 0 Å². The zero-order valence-corrected chi connectivity index (χ0v) is 8.73. The van der Waals surface area contributed by atoms with Crippen molar-refractivity contribution in [2.45, 2.75) is 11.8 Å². The Morgan fingerprint density at radius 2 is 2.14 bits per heavy atom. The lowest BCUT2D eigenvalue weighted by Crippen LogP contribution is -2.05. The molecule has 3 heteroatoms. The summed E-state index contributed by atoms with van der Waals surface area (Å²) in [6, 6.07) is 7.60. The zero-order chi connectivity index (χ0) is 10.4. The molecule has 0 radical (unpaired) electrons. The first-order chi connectivity index (χ1) is 6.72. The fourth-order valence-electron chi connectivity index (χ4n) is 0.963. The highest BCUT2D eigenvalue weighted by atomic mass is 32.2. The second-order valence-corrected chi connectivity index (χ2v) is 3.75. The molecule has 0 bridgehead atoms. The van der Waals surface area contributed by atoms with Crippen LogP contribution in [0.15, 0.2) is 29.2 Å². The van der Waals surface area contributed by atoms with E-state index < -0.39 is 0 Å². The Morgan fingerprint density at radius 3 is 2.64 bits per heavy atom. The number of nitrogens with one attached hydrogen (secondary N) is 1. The van der Waals surface area contributed by atoms with Crippen molar-refractivity contribution in [2.75, 3.05) is 11.1 Å². The van der Waals surface area contributed by atoms with Crippen LogP contribution in [-0.4, -0.2) is 11.7 Å². The normalized spacial score (nSPS) is 9.14. The van der Waals surface area contributed by atoms with Crippen LogP contribution in [0.3, 0.4) is 0 Å². The van der Waals surface area contributed by atoms with Crippen LogP contribution in [0.25, 0.3) is 0 Å². The monoisotopic (exact) mass is 205 g/mol. The highest BCUT2D eigenvalue weighted by Gasteiger charge is 1.95. The van der Waals surface area contributed by atoms with Gasteiger partial charge in [-0.25, -0.2) is 0 Å². The molecule has 0 aliphatic rings. The van der Waals surface area contributed by atoms with E-state index in [1.54, 1.807) is 11.8 Å². The number of thioether (sulfide) groups is 1. The fraction of sp³-hybridized carbons (Fsp3) is 0.182. The number of terminal acetylenes is 1. The molecule has 0 atom stereocenters. The molecule has 1 amide bonds. The van der Waals surface area contributed by atoms with Crippen LogP contribution in [0.2, 0.25) is 0 Å². The molecular formula is C11H11NOS. The molecule has 72 valence electrons. The van der Waals surface area contributed by atoms with Crippen molar-refractivity contribution < 1.29 is 4.79 Å². The topological polar surface area (TPSA) is 29.1 Å². The van der Waals surface area contributed by atoms with Crippen molar-refractivity contribution >= 4 is 23.4 Å². The molecule has 0 fully saturated rings. The fourth-order valence-corrected chi connectivity index (χ4v) is 1.54. The van der Waals surface area contributed by atoms with Crippen LogP contribution >= 0.6 is 11.8 Å². The summed E-state index contributed by atoms with van der Waals surface area (Å²) in [5, 5.41) is 2.70. The largest absolute Gasteiger partial charge is 0.326 e. The molecule has 1 aromatic rings. The molecule has 0 unspecified atom stereocenters. The summed E-state index contributed by atoms with van der Waals surface area (Å²) in [4.78, 5) is 11.8. The molecule has 1 N–H and O–H groups in total. The summed E-state index contributed by atoms with van der Waals surface area (Å²) >= 11 is 1.60. The standard InChI is InChI=1S/C11H11NOS/c1-3-8-14-11-6-4-10(5-7-11)12-9(2)13/h1,4-7H,8H2,2H3,(H,12,13). The lowest BCUT2D eigenvalue weighted by atomic mass is 10.3. The van der Waals surface area contributed by atoms with Crippen LogP contribution in [0.5, 0.6) is 0 Å². The van der Waals surface area contributed by atoms with E-state index in [-0.39, 0.29) is 5.91 Å². The van der Waals surface area contributed by atoms with Crippen LogP contribution in [0, 0.1) is 12.3 Å². The number of hydrogen-bond acceptors (Lipinski definition) is 2. The average Bonchev–Trinajstić information content (AvgIpc) is 2.16. The minimum Gasteiger partial charge on any atom is -0.326 e. The van der Waals surface area contributed by atoms with E-state index in [1.807, 2.05) is 24.3 Å². The Morgan fingerprint density at radius 1 is 1.50 bits per heavy atom. The first kappa shape index (κ1) is 10.7. The third-order valence-corrected chi connectivity index (χ3v) is 2.41. The van der Waals surface area contributed by atoms with Gasteiger partial charge in [0.05, 0.1) is 5.75 Å². The first-order valence-electron chi connectivity index (χ1n) is 4.16. The second-order valence-electron chi connectivity index (χ2n) is 2.70. The minimum atomic E-state index is -0.0611. The van der Waals surface area contributed by atoms with Crippen molar-refractivity contribution in [3.63, 3.8) is 0 Å². The van der Waals surface area contributed by atoms with E-state index >= 15 is 0 Å². The van der Waals surface area contributed by atoms with Crippen molar-refractivity contribution in [3.05, 3.63) is 24.3 Å². The molecule has 0 saturated carbocycles. The van der Waals surface area contributed by atoms with Gasteiger partial charge in [-0.15, -0.1) is 18.2 Å². The molecule has 2 nitrogen and oxygen atoms in total. The van der Waals surface area contributed by atoms with Crippen LogP contribution < -0.4 is 5.32 Å². The molecule has 0 saturated heterocycles. The average molecular weight is 205 g/mol. The lowest BCUT2D eigenvalue weighted by molar-refractivity contribution is -0.114. The van der Waals surface area contributed by atoms with Gasteiger partial charge in [0.2, 0.25) is 5.91 Å². The van der Waals surface area contributed by atoms with Gasteiger partial charge >= 0.3 is 0 Å². The maximum atomic E-state index is 10.7. The first-order valence-corrected chi connectivity index (χ1v) is 5.15. The predicted octanol–water partition coefficient (Wildman–Crippen LogP) is 2.37. The van der Waals surface area contributed by atoms with Gasteiger partial charge < -0.3 is 5.32 Å². The number of carbonyl (C=O) groups excluding carboxylic acids is 1. The summed E-state index contributed by atoms with van der Waals surface area (Å²) in [6.45, 7) is 1.49. The number of hydrogen-bond donors (Lipinski definition) is 1. The summed E-state index contributed by atoms with van der Waals surface area (Å²) in [5.74, 6) is 3.16. The zero-order valence-electron chi connectivity index (χ0n) is 7.91. The Labute approximate surface area is 88.1 Å². The van der Waals surface area contributed by atoms with E-state index in [0.29, 0.717) is 5.75 Å². The molecule has 0 aliphatic carbocycles. The predicted molar refractivity (Wildman–Crippen MR) is 60.3 cm³/mol. The number of amides is 1. The molecule has 1 rings (SSSR count). The van der Waals surface area contributed by atoms with Crippen molar-refractivity contribution in [2.24, 2.45) is 0 Å². The highest BCUT2D eigenvalue weighted by molar-refractivity contribution is 7.99. The molecule has 0 aromatic heterocycles. The van der Waals surface area contributed by atoms with Gasteiger partial charge in [-0.3, -0.25) is 4.79 Å². The summed E-state index contributed by atoms with van der Waals surface area (Å²) < 4.78 is 0. The van der Waals surface area contributed by atoms with Crippen LogP contribution in [0.4, 0.5) is 5.69 Å². The third-order valence-electron chi connectivity index (χ3n) is 1.50. The third kappa shape index (κ3) is 3.55. The Kier molecular flexibility index (Phi) is 4.09. The highest BCUT2D eigenvalue weighted by Crippen LogP contribution is 2.19. The quantitative estimate of drug-likeness (QED) is 0.606. The Hall–Kier alpha value is -1.40. The molecule has 14 heavy (non-hydrogen) atoms. The Bertz CT molecular complexity index is 351. The molecular weight excluding hydrogens is 194 g/mol. The lowest BCUT2D eigenvalue weighted by Gasteiger charge is -2.02. The molecule has 1 aromatic carbocycles. The van der Waals surface area contributed by atoms with Gasteiger partial charge in [-0.05, 0) is 24.3 Å². The van der Waals surface area contributed by atoms with E-state index in [4.69, 9.17) is 6.42 Å². The molecule has 0 heterocycles.